The first kappa shape index (κ1) is 47.0. The van der Waals surface area contributed by atoms with E-state index in [9.17, 15) is 25.1 Å². The molecule has 0 spiro atoms. The molecule has 6 atom stereocenters. The van der Waals surface area contributed by atoms with E-state index in [1.807, 2.05) is 78.9 Å². The fraction of sp³-hybridized carbons (Fsp3) is 0.370. The maximum atomic E-state index is 14.8. The standard InChI is InChI=1S/C54H59N3O10/c1-3-30-64-54-50(56(53(60)63-4-2)35-40-21-14-20-38-18-8-9-24-44(38)40)34-48(55-65-36-37-16-6-5-7-17-37)46-31-39(19-10-12-28-58)45(25-11-13-29-59)51(52(46)54)47-33-43(26-27-49(47)67-54)66-42-23-15-22-41(32-42)57(61)62/h3,5-9,14-18,20-24,26-27,31-33,39,45,50-52,58-59H,1,4,10-13,19,25,28-30,34-36H2,2H3/t39-,45+,50-,51+,52+,54+/m0/s1. The van der Waals surface area contributed by atoms with Crippen LogP contribution in [-0.2, 0) is 27.5 Å². The van der Waals surface area contributed by atoms with Gasteiger partial charge in [-0.25, -0.2) is 4.79 Å². The summed E-state index contributed by atoms with van der Waals surface area (Å²) in [6.45, 7) is 6.56. The molecule has 0 radical (unpaired) electrons. The molecule has 1 amide bonds. The summed E-state index contributed by atoms with van der Waals surface area (Å²) in [6, 6.07) is 34.8. The number of hydrogen-bond donors (Lipinski definition) is 2. The van der Waals surface area contributed by atoms with Crippen LogP contribution in [-0.4, -0.2) is 70.1 Å². The molecule has 13 heteroatoms. The number of aliphatic hydroxyl groups is 2. The van der Waals surface area contributed by atoms with Gasteiger partial charge < -0.3 is 34.0 Å². The first-order chi connectivity index (χ1) is 32.8. The van der Waals surface area contributed by atoms with Gasteiger partial charge in [0.1, 0.15) is 29.9 Å². The average molecular weight is 910 g/mol. The number of ether oxygens (including phenoxy) is 4. The Hall–Kier alpha value is -6.54. The number of nitro groups is 1. The number of non-ortho nitro benzene ring substituents is 1. The van der Waals surface area contributed by atoms with Crippen LogP contribution in [0.1, 0.15) is 74.5 Å². The van der Waals surface area contributed by atoms with Crippen molar-refractivity contribution in [3.63, 3.8) is 0 Å². The maximum Gasteiger partial charge on any atom is 0.410 e. The highest BCUT2D eigenvalue weighted by atomic mass is 16.7. The van der Waals surface area contributed by atoms with Gasteiger partial charge in [0.15, 0.2) is 0 Å². The zero-order valence-corrected chi connectivity index (χ0v) is 37.9. The minimum Gasteiger partial charge on any atom is -0.459 e. The van der Waals surface area contributed by atoms with E-state index in [1.165, 1.54) is 12.1 Å². The zero-order chi connectivity index (χ0) is 46.8. The van der Waals surface area contributed by atoms with Crippen molar-refractivity contribution in [1.82, 2.24) is 4.90 Å². The van der Waals surface area contributed by atoms with Crippen molar-refractivity contribution in [1.29, 1.82) is 0 Å². The summed E-state index contributed by atoms with van der Waals surface area (Å²) >= 11 is 0. The molecular weight excluding hydrogens is 851 g/mol. The first-order valence-electron chi connectivity index (χ1n) is 23.3. The lowest BCUT2D eigenvalue weighted by atomic mass is 9.55. The summed E-state index contributed by atoms with van der Waals surface area (Å²) in [5.74, 6) is -1.17. The van der Waals surface area contributed by atoms with Crippen molar-refractivity contribution < 1.29 is 43.7 Å². The van der Waals surface area contributed by atoms with Crippen molar-refractivity contribution in [2.75, 3.05) is 26.4 Å². The average Bonchev–Trinajstić information content (AvgIpc) is 3.34. The highest BCUT2D eigenvalue weighted by Crippen LogP contribution is 2.62. The Morgan fingerprint density at radius 3 is 2.45 bits per heavy atom. The van der Waals surface area contributed by atoms with E-state index in [0.29, 0.717) is 35.8 Å². The molecule has 3 aliphatic rings. The van der Waals surface area contributed by atoms with Crippen LogP contribution in [0.15, 0.2) is 145 Å². The molecule has 67 heavy (non-hydrogen) atoms. The van der Waals surface area contributed by atoms with E-state index in [0.717, 1.165) is 58.7 Å². The predicted molar refractivity (Wildman–Crippen MR) is 256 cm³/mol. The van der Waals surface area contributed by atoms with E-state index >= 15 is 0 Å². The Balaban J connectivity index is 1.35. The van der Waals surface area contributed by atoms with Crippen molar-refractivity contribution >= 4 is 28.3 Å². The van der Waals surface area contributed by atoms with Crippen LogP contribution in [0.3, 0.4) is 0 Å². The lowest BCUT2D eigenvalue weighted by Gasteiger charge is -2.59. The van der Waals surface area contributed by atoms with Gasteiger partial charge in [0.05, 0.1) is 42.4 Å². The van der Waals surface area contributed by atoms with Gasteiger partial charge in [0.25, 0.3) is 5.69 Å². The fourth-order valence-corrected chi connectivity index (χ4v) is 10.4. The van der Waals surface area contributed by atoms with Crippen LogP contribution in [0.4, 0.5) is 10.5 Å². The molecule has 0 saturated heterocycles. The minimum absolute atomic E-state index is 0.00129. The van der Waals surface area contributed by atoms with E-state index < -0.39 is 28.8 Å². The molecular formula is C54H59N3O10. The topological polar surface area (TPSA) is 162 Å². The molecule has 1 aliphatic heterocycles. The van der Waals surface area contributed by atoms with Gasteiger partial charge in [-0.2, -0.15) is 0 Å². The molecule has 0 aromatic heterocycles. The number of nitro benzene ring substituents is 1. The Kier molecular flexibility index (Phi) is 15.3. The van der Waals surface area contributed by atoms with Gasteiger partial charge in [-0.15, -0.1) is 6.58 Å². The van der Waals surface area contributed by atoms with Crippen LogP contribution < -0.4 is 9.47 Å². The van der Waals surface area contributed by atoms with Gasteiger partial charge >= 0.3 is 6.09 Å². The Morgan fingerprint density at radius 2 is 1.67 bits per heavy atom. The number of allylic oxidation sites excluding steroid dienone is 1. The number of aliphatic hydroxyl groups excluding tert-OH is 2. The van der Waals surface area contributed by atoms with Gasteiger partial charge in [0, 0.05) is 37.2 Å². The van der Waals surface area contributed by atoms with Crippen LogP contribution in [0, 0.1) is 27.9 Å². The number of nitrogens with zero attached hydrogens (tertiary/aromatic N) is 3. The van der Waals surface area contributed by atoms with Gasteiger partial charge in [-0.3, -0.25) is 15.0 Å². The molecule has 13 nitrogen and oxygen atoms in total. The number of benzene rings is 5. The largest absolute Gasteiger partial charge is 0.459 e. The zero-order valence-electron chi connectivity index (χ0n) is 37.9. The first-order valence-corrected chi connectivity index (χ1v) is 23.3. The van der Waals surface area contributed by atoms with E-state index in [-0.39, 0.29) is 69.4 Å². The Labute approximate surface area is 391 Å². The van der Waals surface area contributed by atoms with Crippen LogP contribution >= 0.6 is 0 Å². The lowest BCUT2D eigenvalue weighted by Crippen LogP contribution is -2.70. The SMILES string of the molecule is C=CCO[C@@]12Oc3ccc(Oc4cccc([N+](=O)[O-])c4)cc3[C@H]3[C@H](CCCCO)[C@@H](CCCCO)C=C(C(=NOCc4ccccc4)C[C@@H]1N(Cc1cccc4ccccc14)C(=O)OCC)[C@H]32. The van der Waals surface area contributed by atoms with Crippen LogP contribution in [0.2, 0.25) is 0 Å². The van der Waals surface area contributed by atoms with Gasteiger partial charge in [-0.05, 0) is 96.2 Å². The fourth-order valence-electron chi connectivity index (χ4n) is 10.4. The summed E-state index contributed by atoms with van der Waals surface area (Å²) in [6.07, 6.45) is 7.90. The second-order valence-electron chi connectivity index (χ2n) is 17.4. The maximum absolute atomic E-state index is 14.8. The second-order valence-corrected chi connectivity index (χ2v) is 17.4. The number of fused-ring (bicyclic) bond motifs is 3. The summed E-state index contributed by atoms with van der Waals surface area (Å²) in [7, 11) is 0. The third-order valence-corrected chi connectivity index (χ3v) is 13.3. The number of carbonyl (C=O) groups is 1. The molecule has 350 valence electrons. The summed E-state index contributed by atoms with van der Waals surface area (Å²) in [5.41, 5.74) is 4.14. The molecule has 8 rings (SSSR count). The molecule has 0 unspecified atom stereocenters. The number of unbranched alkanes of at least 4 members (excludes halogenated alkanes) is 2. The molecule has 1 heterocycles. The summed E-state index contributed by atoms with van der Waals surface area (Å²) in [5, 5.41) is 38.8. The van der Waals surface area contributed by atoms with Crippen molar-refractivity contribution in [3.05, 3.63) is 166 Å². The summed E-state index contributed by atoms with van der Waals surface area (Å²) in [4.78, 5) is 34.0. The van der Waals surface area contributed by atoms with Crippen molar-refractivity contribution in [3.8, 4) is 17.2 Å². The van der Waals surface area contributed by atoms with Crippen molar-refractivity contribution in [2.45, 2.75) is 82.8 Å². The van der Waals surface area contributed by atoms with Crippen molar-refractivity contribution in [2.24, 2.45) is 22.9 Å². The quantitative estimate of drug-likeness (QED) is 0.0314. The summed E-state index contributed by atoms with van der Waals surface area (Å²) < 4.78 is 26.9. The molecule has 1 saturated carbocycles. The number of oxime groups is 1. The smallest absolute Gasteiger partial charge is 0.410 e. The van der Waals surface area contributed by atoms with E-state index in [2.05, 4.69) is 18.7 Å². The Bertz CT molecular complexity index is 2580. The predicted octanol–water partition coefficient (Wildman–Crippen LogP) is 11.0. The van der Waals surface area contributed by atoms with Crippen LogP contribution in [0.5, 0.6) is 17.2 Å². The Morgan fingerprint density at radius 1 is 0.925 bits per heavy atom. The van der Waals surface area contributed by atoms with E-state index in [1.54, 1.807) is 36.1 Å². The molecule has 1 fully saturated rings. The number of amides is 1. The lowest BCUT2D eigenvalue weighted by molar-refractivity contribution is -0.384. The van der Waals surface area contributed by atoms with Crippen LogP contribution in [0.25, 0.3) is 10.8 Å². The minimum atomic E-state index is -1.53. The molecule has 5 aromatic rings. The van der Waals surface area contributed by atoms with Gasteiger partial charge in [-0.1, -0.05) is 109 Å². The molecule has 0 bridgehead atoms. The normalized spacial score (nSPS) is 22.2. The monoisotopic (exact) mass is 909 g/mol. The van der Waals surface area contributed by atoms with E-state index in [4.69, 9.17) is 28.9 Å². The molecule has 2 N–H and O–H groups in total. The third kappa shape index (κ3) is 10.2. The highest BCUT2D eigenvalue weighted by molar-refractivity contribution is 6.03. The third-order valence-electron chi connectivity index (χ3n) is 13.3. The number of hydrogen-bond acceptors (Lipinski definition) is 11. The van der Waals surface area contributed by atoms with Gasteiger partial charge in [0.2, 0.25) is 5.79 Å². The molecule has 5 aromatic carbocycles. The number of carbonyl (C=O) groups excluding carboxylic acids is 1. The number of rotatable bonds is 21. The highest BCUT2D eigenvalue weighted by Gasteiger charge is 2.65. The molecule has 2 aliphatic carbocycles. The second kappa shape index (κ2) is 21.8.